The lowest BCUT2D eigenvalue weighted by atomic mass is 9.98. The molecule has 3 rings (SSSR count). The Balaban J connectivity index is 1.89. The molecule has 28 heavy (non-hydrogen) atoms. The van der Waals surface area contributed by atoms with E-state index in [0.717, 1.165) is 28.8 Å². The van der Waals surface area contributed by atoms with Gasteiger partial charge in [-0.3, -0.25) is 14.4 Å². The Morgan fingerprint density at radius 2 is 1.79 bits per heavy atom. The fraction of sp³-hybridized carbons (Fsp3) is 0.261. The molecule has 0 saturated carbocycles. The number of rotatable bonds is 5. The van der Waals surface area contributed by atoms with Crippen molar-refractivity contribution < 1.29 is 14.4 Å². The van der Waals surface area contributed by atoms with Gasteiger partial charge in [-0.2, -0.15) is 0 Å². The highest BCUT2D eigenvalue weighted by Crippen LogP contribution is 2.29. The molecule has 0 radical (unpaired) electrons. The normalized spacial score (nSPS) is 13.6. The zero-order valence-electron chi connectivity index (χ0n) is 16.2. The molecule has 1 aliphatic rings. The van der Waals surface area contributed by atoms with E-state index in [0.29, 0.717) is 18.5 Å². The molecule has 0 unspecified atom stereocenters. The number of hydrogen-bond acceptors (Lipinski definition) is 3. The van der Waals surface area contributed by atoms with Crippen molar-refractivity contribution in [1.82, 2.24) is 5.32 Å². The van der Waals surface area contributed by atoms with E-state index in [2.05, 4.69) is 5.32 Å². The Labute approximate surface area is 165 Å². The summed E-state index contributed by atoms with van der Waals surface area (Å²) in [6, 6.07) is 13.1. The summed E-state index contributed by atoms with van der Waals surface area (Å²) in [4.78, 5) is 38.0. The molecular weight excluding hydrogens is 352 g/mol. The average molecular weight is 376 g/mol. The second-order valence-corrected chi connectivity index (χ2v) is 6.88. The van der Waals surface area contributed by atoms with Crippen LogP contribution in [-0.4, -0.2) is 24.1 Å². The summed E-state index contributed by atoms with van der Waals surface area (Å²) >= 11 is 0. The van der Waals surface area contributed by atoms with Crippen LogP contribution in [-0.2, 0) is 16.1 Å². The van der Waals surface area contributed by atoms with Crippen LogP contribution in [0.15, 0.2) is 42.5 Å². The minimum absolute atomic E-state index is 0.0238. The quantitative estimate of drug-likeness (QED) is 0.863. The summed E-state index contributed by atoms with van der Waals surface area (Å²) in [6.45, 7) is 3.97. The molecule has 0 spiro atoms. The fourth-order valence-corrected chi connectivity index (χ4v) is 3.27. The van der Waals surface area contributed by atoms with Gasteiger partial charge in [0, 0.05) is 18.9 Å². The Hall–Kier alpha value is -3.21. The van der Waals surface area contributed by atoms with Crippen molar-refractivity contribution in [3.8, 4) is 0 Å². The zero-order valence-corrected chi connectivity index (χ0v) is 16.2. The van der Waals surface area contributed by atoms with Crippen LogP contribution >= 0.6 is 0 Å². The Morgan fingerprint density at radius 1 is 1.04 bits per heavy atom. The first-order valence-electron chi connectivity index (χ1n) is 9.47. The average Bonchev–Trinajstić information content (AvgIpc) is 2.67. The van der Waals surface area contributed by atoms with E-state index in [1.807, 2.05) is 49.4 Å². The molecule has 1 N–H and O–H groups in total. The van der Waals surface area contributed by atoms with E-state index in [-0.39, 0.29) is 24.1 Å². The number of para-hydroxylation sites is 1. The zero-order chi connectivity index (χ0) is 20.1. The number of ketones is 1. The molecule has 5 nitrogen and oxygen atoms in total. The summed E-state index contributed by atoms with van der Waals surface area (Å²) in [5.74, 6) is -0.285. The van der Waals surface area contributed by atoms with E-state index < -0.39 is 0 Å². The number of hydrogen-bond donors (Lipinski definition) is 1. The maximum atomic E-state index is 12.4. The first-order valence-corrected chi connectivity index (χ1v) is 9.47. The minimum atomic E-state index is -0.272. The number of carbonyl (C=O) groups excluding carboxylic acids is 3. The second kappa shape index (κ2) is 8.65. The monoisotopic (exact) mass is 376 g/mol. The number of carbonyl (C=O) groups is 3. The van der Waals surface area contributed by atoms with Gasteiger partial charge in [-0.1, -0.05) is 43.3 Å². The SMILES string of the molecule is CCCC(=O)CNC(=O)c1ccc2c(c1)/C=C\c1ccccc1N(C(C)=O)C2. The molecule has 0 aromatic heterocycles. The van der Waals surface area contributed by atoms with Crippen molar-refractivity contribution >= 4 is 35.4 Å². The van der Waals surface area contributed by atoms with Crippen LogP contribution < -0.4 is 10.2 Å². The maximum absolute atomic E-state index is 12.4. The molecule has 0 bridgehead atoms. The van der Waals surface area contributed by atoms with Crippen LogP contribution in [0.5, 0.6) is 0 Å². The van der Waals surface area contributed by atoms with Gasteiger partial charge >= 0.3 is 0 Å². The third-order valence-electron chi connectivity index (χ3n) is 4.76. The number of Topliss-reactive ketones (excluding diaryl/α,β-unsaturated/α-hetero) is 1. The van der Waals surface area contributed by atoms with Crippen molar-refractivity contribution in [1.29, 1.82) is 0 Å². The lowest BCUT2D eigenvalue weighted by molar-refractivity contribution is -0.118. The van der Waals surface area contributed by atoms with E-state index in [9.17, 15) is 14.4 Å². The van der Waals surface area contributed by atoms with Crippen molar-refractivity contribution in [2.24, 2.45) is 0 Å². The van der Waals surface area contributed by atoms with Crippen LogP contribution in [0.2, 0.25) is 0 Å². The molecule has 1 aliphatic heterocycles. The standard InChI is InChI=1S/C23H24N2O3/c1-3-6-21(27)14-24-23(28)19-11-12-20-15-25(16(2)26)22-8-5-4-7-17(22)9-10-18(20)13-19/h4-5,7-13H,3,6,14-15H2,1-2H3,(H,24,28)/b10-9-. The van der Waals surface area contributed by atoms with Gasteiger partial charge in [0.05, 0.1) is 18.8 Å². The molecule has 0 atom stereocenters. The molecular formula is C23H24N2O3. The van der Waals surface area contributed by atoms with E-state index in [1.165, 1.54) is 0 Å². The lowest BCUT2D eigenvalue weighted by Gasteiger charge is -2.26. The molecule has 1 heterocycles. The van der Waals surface area contributed by atoms with Crippen LogP contribution in [0.25, 0.3) is 12.2 Å². The van der Waals surface area contributed by atoms with Gasteiger partial charge in [-0.15, -0.1) is 0 Å². The Bertz CT molecular complexity index is 947. The van der Waals surface area contributed by atoms with Gasteiger partial charge in [-0.25, -0.2) is 0 Å². The van der Waals surface area contributed by atoms with Gasteiger partial charge in [0.1, 0.15) is 0 Å². The van der Waals surface area contributed by atoms with Crippen molar-refractivity contribution in [2.45, 2.75) is 33.2 Å². The largest absolute Gasteiger partial charge is 0.345 e. The predicted molar refractivity (Wildman–Crippen MR) is 111 cm³/mol. The number of fused-ring (bicyclic) bond motifs is 2. The van der Waals surface area contributed by atoms with Crippen LogP contribution in [0.1, 0.15) is 53.7 Å². The predicted octanol–water partition coefficient (Wildman–Crippen LogP) is 3.82. The van der Waals surface area contributed by atoms with Gasteiger partial charge < -0.3 is 10.2 Å². The van der Waals surface area contributed by atoms with E-state index in [1.54, 1.807) is 24.0 Å². The smallest absolute Gasteiger partial charge is 0.251 e. The lowest BCUT2D eigenvalue weighted by Crippen LogP contribution is -2.30. The molecule has 2 amide bonds. The molecule has 5 heteroatoms. The molecule has 144 valence electrons. The fourth-order valence-electron chi connectivity index (χ4n) is 3.27. The Kier molecular flexibility index (Phi) is 6.04. The molecule has 0 aliphatic carbocycles. The topological polar surface area (TPSA) is 66.5 Å². The number of nitrogens with zero attached hydrogens (tertiary/aromatic N) is 1. The van der Waals surface area contributed by atoms with Crippen LogP contribution in [0.4, 0.5) is 5.69 Å². The van der Waals surface area contributed by atoms with Crippen molar-refractivity contribution in [2.75, 3.05) is 11.4 Å². The van der Waals surface area contributed by atoms with Crippen molar-refractivity contribution in [3.63, 3.8) is 0 Å². The summed E-state index contributed by atoms with van der Waals surface area (Å²) in [5, 5.41) is 2.68. The van der Waals surface area contributed by atoms with E-state index >= 15 is 0 Å². The number of amides is 2. The van der Waals surface area contributed by atoms with Gasteiger partial charge in [0.15, 0.2) is 5.78 Å². The summed E-state index contributed by atoms with van der Waals surface area (Å²) in [5.41, 5.74) is 4.15. The molecule has 0 saturated heterocycles. The Morgan fingerprint density at radius 3 is 2.54 bits per heavy atom. The third-order valence-corrected chi connectivity index (χ3v) is 4.76. The second-order valence-electron chi connectivity index (χ2n) is 6.88. The van der Waals surface area contributed by atoms with Crippen LogP contribution in [0, 0.1) is 0 Å². The highest BCUT2D eigenvalue weighted by Gasteiger charge is 2.19. The van der Waals surface area contributed by atoms with Crippen molar-refractivity contribution in [3.05, 3.63) is 64.7 Å². The van der Waals surface area contributed by atoms with Crippen LogP contribution in [0.3, 0.4) is 0 Å². The third kappa shape index (κ3) is 4.36. The molecule has 2 aromatic rings. The van der Waals surface area contributed by atoms with Gasteiger partial charge in [0.25, 0.3) is 5.91 Å². The first kappa shape index (κ1) is 19.5. The summed E-state index contributed by atoms with van der Waals surface area (Å²) < 4.78 is 0. The summed E-state index contributed by atoms with van der Waals surface area (Å²) in [7, 11) is 0. The first-order chi connectivity index (χ1) is 13.5. The number of nitrogens with one attached hydrogen (secondary N) is 1. The van der Waals surface area contributed by atoms with Gasteiger partial charge in [-0.05, 0) is 41.3 Å². The molecule has 0 fully saturated rings. The summed E-state index contributed by atoms with van der Waals surface area (Å²) in [6.07, 6.45) is 5.15. The number of benzene rings is 2. The van der Waals surface area contributed by atoms with Gasteiger partial charge in [0.2, 0.25) is 5.91 Å². The highest BCUT2D eigenvalue weighted by molar-refractivity contribution is 5.99. The maximum Gasteiger partial charge on any atom is 0.251 e. The number of anilines is 1. The highest BCUT2D eigenvalue weighted by atomic mass is 16.2. The minimum Gasteiger partial charge on any atom is -0.345 e. The van der Waals surface area contributed by atoms with E-state index in [4.69, 9.17) is 0 Å². The molecule has 2 aromatic carbocycles.